The number of aliphatic hydroxyl groups excluding tert-OH is 2. The first-order valence-corrected chi connectivity index (χ1v) is 17.8. The minimum absolute atomic E-state index is 0.0731. The molecule has 0 unspecified atom stereocenters. The van der Waals surface area contributed by atoms with Gasteiger partial charge < -0.3 is 34.0 Å². The molecule has 6 atom stereocenters. The number of oxime groups is 1. The van der Waals surface area contributed by atoms with E-state index in [9.17, 15) is 15.0 Å². The van der Waals surface area contributed by atoms with Gasteiger partial charge in [0.2, 0.25) is 5.79 Å². The molecule has 1 amide bonds. The Morgan fingerprint density at radius 3 is 2.56 bits per heavy atom. The van der Waals surface area contributed by atoms with Gasteiger partial charge in [0.25, 0.3) is 0 Å². The number of ether oxygens (including phenoxy) is 4. The molecule has 1 fully saturated rings. The minimum Gasteiger partial charge on any atom is -0.490 e. The second-order valence-corrected chi connectivity index (χ2v) is 12.9. The zero-order valence-electron chi connectivity index (χ0n) is 28.5. The number of benzene rings is 1. The Bertz CT molecular complexity index is 1290. The average Bonchev–Trinajstić information content (AvgIpc) is 3.09. The van der Waals surface area contributed by atoms with Crippen LogP contribution >= 0.6 is 11.6 Å². The molecule has 2 N–H and O–H groups in total. The van der Waals surface area contributed by atoms with Gasteiger partial charge in [-0.05, 0) is 67.7 Å². The number of unbranched alkanes of at least 4 members (excludes halogenated alkanes) is 2. The van der Waals surface area contributed by atoms with E-state index in [1.807, 2.05) is 19.1 Å². The summed E-state index contributed by atoms with van der Waals surface area (Å²) in [6.45, 7) is 11.0. The van der Waals surface area contributed by atoms with Crippen LogP contribution < -0.4 is 9.47 Å². The fourth-order valence-electron chi connectivity index (χ4n) is 7.83. The first-order valence-electron chi connectivity index (χ1n) is 17.3. The summed E-state index contributed by atoms with van der Waals surface area (Å²) in [5, 5.41) is 24.0. The van der Waals surface area contributed by atoms with Crippen molar-refractivity contribution in [3.8, 4) is 11.5 Å². The Labute approximate surface area is 290 Å². The molecule has 48 heavy (non-hydrogen) atoms. The Hall–Kier alpha value is -3.05. The van der Waals surface area contributed by atoms with Gasteiger partial charge in [0.15, 0.2) is 0 Å². The van der Waals surface area contributed by atoms with Crippen molar-refractivity contribution in [3.05, 3.63) is 60.7 Å². The van der Waals surface area contributed by atoms with Crippen molar-refractivity contribution in [3.63, 3.8) is 0 Å². The number of aliphatic hydroxyl groups is 2. The largest absolute Gasteiger partial charge is 0.490 e. The molecule has 10 nitrogen and oxygen atoms in total. The zero-order valence-corrected chi connectivity index (χ0v) is 29.2. The monoisotopic (exact) mass is 688 g/mol. The van der Waals surface area contributed by atoms with Crippen molar-refractivity contribution in [1.29, 1.82) is 0 Å². The molecule has 3 aliphatic rings. The van der Waals surface area contributed by atoms with E-state index in [0.717, 1.165) is 42.5 Å². The topological polar surface area (TPSA) is 119 Å². The molecule has 1 aromatic carbocycles. The van der Waals surface area contributed by atoms with Crippen molar-refractivity contribution in [2.75, 3.05) is 52.6 Å². The Balaban J connectivity index is 2.01. The standard InChI is InChI=1S/C37H53ClN2O8/c1-5-17-40(36(43)46-22-16-38)33-25-31(39-44-4)29-23-26(12-8-10-18-41)28(13-9-11-19-42)34-30-24-27(45-20-6-2)14-15-32(30)48-37(33,35(29)34)47-21-7-3/h6-7,14-15,23-24,26,28,33-35,41-42H,2-3,5,8-13,16-22,25H2,1,4H3/t26-,28+,33-,34+,35+,37+/m0/s1. The van der Waals surface area contributed by atoms with Crippen LogP contribution in [0.4, 0.5) is 4.79 Å². The van der Waals surface area contributed by atoms with Crippen LogP contribution in [-0.2, 0) is 14.3 Å². The van der Waals surface area contributed by atoms with Gasteiger partial charge in [-0.3, -0.25) is 4.90 Å². The molecule has 0 bridgehead atoms. The highest BCUT2D eigenvalue weighted by atomic mass is 35.5. The molecule has 4 rings (SSSR count). The third-order valence-electron chi connectivity index (χ3n) is 9.59. The SMILES string of the molecule is C=CCOc1ccc2c(c1)[C@H]1[C@H](CCCCO)[C@@H](CCCCO)C=C3C(=NOC)C[C@H](N(CCC)C(=O)OCCCl)[C@@](OCC=C)(O2)[C@H]31. The van der Waals surface area contributed by atoms with Crippen LogP contribution in [0.15, 0.2) is 60.3 Å². The van der Waals surface area contributed by atoms with Crippen molar-refractivity contribution >= 4 is 23.4 Å². The first-order chi connectivity index (χ1) is 23.4. The lowest BCUT2D eigenvalue weighted by atomic mass is 9.55. The second kappa shape index (κ2) is 18.6. The van der Waals surface area contributed by atoms with Gasteiger partial charge in [-0.15, -0.1) is 18.2 Å². The number of rotatable bonds is 20. The lowest BCUT2D eigenvalue weighted by molar-refractivity contribution is -0.255. The van der Waals surface area contributed by atoms with Gasteiger partial charge in [-0.2, -0.15) is 0 Å². The van der Waals surface area contributed by atoms with E-state index in [1.165, 1.54) is 7.11 Å². The first kappa shape index (κ1) is 37.8. The molecular formula is C37H53ClN2O8. The highest BCUT2D eigenvalue weighted by molar-refractivity contribution is 6.18. The fourth-order valence-corrected chi connectivity index (χ4v) is 7.90. The smallest absolute Gasteiger partial charge is 0.410 e. The number of halogens is 1. The molecule has 266 valence electrons. The zero-order chi connectivity index (χ0) is 34.5. The summed E-state index contributed by atoms with van der Waals surface area (Å²) < 4.78 is 25.6. The number of hydrogen-bond acceptors (Lipinski definition) is 9. The van der Waals surface area contributed by atoms with Crippen molar-refractivity contribution in [2.45, 2.75) is 76.0 Å². The number of nitrogens with zero attached hydrogens (tertiary/aromatic N) is 2. The van der Waals surface area contributed by atoms with Crippen LogP contribution in [-0.4, -0.2) is 91.3 Å². The minimum atomic E-state index is -1.33. The molecule has 1 heterocycles. The molecule has 0 aromatic heterocycles. The van der Waals surface area contributed by atoms with Gasteiger partial charge in [-0.25, -0.2) is 4.79 Å². The summed E-state index contributed by atoms with van der Waals surface area (Å²) in [5.41, 5.74) is 2.70. The van der Waals surface area contributed by atoms with E-state index in [-0.39, 0.29) is 56.0 Å². The van der Waals surface area contributed by atoms with Crippen LogP contribution in [0.2, 0.25) is 0 Å². The van der Waals surface area contributed by atoms with E-state index in [1.54, 1.807) is 17.1 Å². The summed E-state index contributed by atoms with van der Waals surface area (Å²) in [5.74, 6) is -0.0311. The third kappa shape index (κ3) is 8.21. The van der Waals surface area contributed by atoms with Crippen LogP contribution in [0.25, 0.3) is 0 Å². The maximum Gasteiger partial charge on any atom is 0.410 e. The Kier molecular flexibility index (Phi) is 14.7. The van der Waals surface area contributed by atoms with E-state index in [0.29, 0.717) is 50.3 Å². The van der Waals surface area contributed by atoms with Crippen molar-refractivity contribution < 1.29 is 38.8 Å². The number of amides is 1. The van der Waals surface area contributed by atoms with E-state index in [4.69, 9.17) is 35.4 Å². The predicted molar refractivity (Wildman–Crippen MR) is 187 cm³/mol. The summed E-state index contributed by atoms with van der Waals surface area (Å²) >= 11 is 5.93. The van der Waals surface area contributed by atoms with Gasteiger partial charge in [-0.1, -0.05) is 49.7 Å². The van der Waals surface area contributed by atoms with Crippen LogP contribution in [0.1, 0.15) is 69.8 Å². The maximum atomic E-state index is 13.8. The summed E-state index contributed by atoms with van der Waals surface area (Å²) in [6, 6.07) is 5.24. The van der Waals surface area contributed by atoms with Crippen LogP contribution in [0, 0.1) is 17.8 Å². The number of allylic oxidation sites excluding steroid dienone is 1. The average molecular weight is 689 g/mol. The van der Waals surface area contributed by atoms with E-state index >= 15 is 0 Å². The molecule has 2 aliphatic carbocycles. The Morgan fingerprint density at radius 1 is 1.15 bits per heavy atom. The predicted octanol–water partition coefficient (Wildman–Crippen LogP) is 6.60. The normalized spacial score (nSPS) is 26.4. The van der Waals surface area contributed by atoms with Gasteiger partial charge in [0, 0.05) is 37.7 Å². The summed E-state index contributed by atoms with van der Waals surface area (Å²) in [6.07, 6.45) is 11.0. The van der Waals surface area contributed by atoms with Gasteiger partial charge >= 0.3 is 6.09 Å². The third-order valence-corrected chi connectivity index (χ3v) is 9.75. The maximum absolute atomic E-state index is 13.8. The molecule has 0 spiro atoms. The van der Waals surface area contributed by atoms with E-state index < -0.39 is 17.9 Å². The van der Waals surface area contributed by atoms with Crippen molar-refractivity contribution in [1.82, 2.24) is 4.90 Å². The molecule has 0 saturated heterocycles. The van der Waals surface area contributed by atoms with Crippen molar-refractivity contribution in [2.24, 2.45) is 22.9 Å². The molecule has 1 aliphatic heterocycles. The van der Waals surface area contributed by atoms with Gasteiger partial charge in [0.1, 0.15) is 37.9 Å². The summed E-state index contributed by atoms with van der Waals surface area (Å²) in [7, 11) is 1.53. The number of fused-ring (bicyclic) bond motifs is 2. The fraction of sp³-hybridized carbons (Fsp3) is 0.622. The number of carbonyl (C=O) groups is 1. The molecule has 0 radical (unpaired) electrons. The van der Waals surface area contributed by atoms with Crippen LogP contribution in [0.5, 0.6) is 11.5 Å². The quantitative estimate of drug-likeness (QED) is 0.0681. The number of hydrogen-bond donors (Lipinski definition) is 2. The second-order valence-electron chi connectivity index (χ2n) is 12.6. The highest BCUT2D eigenvalue weighted by Crippen LogP contribution is 2.61. The molecular weight excluding hydrogens is 636 g/mol. The van der Waals surface area contributed by atoms with Crippen LogP contribution in [0.3, 0.4) is 0 Å². The highest BCUT2D eigenvalue weighted by Gasteiger charge is 2.65. The molecule has 1 aromatic rings. The molecule has 1 saturated carbocycles. The lowest BCUT2D eigenvalue weighted by Crippen LogP contribution is -2.70. The molecule has 11 heteroatoms. The lowest BCUT2D eigenvalue weighted by Gasteiger charge is -2.59. The van der Waals surface area contributed by atoms with E-state index in [2.05, 4.69) is 30.5 Å². The Morgan fingerprint density at radius 2 is 1.90 bits per heavy atom. The summed E-state index contributed by atoms with van der Waals surface area (Å²) in [4.78, 5) is 20.9. The van der Waals surface area contributed by atoms with Gasteiger partial charge in [0.05, 0.1) is 24.1 Å². The number of alkyl halides is 1. The number of carbonyl (C=O) groups excluding carboxylic acids is 1.